The van der Waals surface area contributed by atoms with Gasteiger partial charge in [0, 0.05) is 18.1 Å². The first-order valence-electron chi connectivity index (χ1n) is 5.97. The van der Waals surface area contributed by atoms with Gasteiger partial charge < -0.3 is 0 Å². The summed E-state index contributed by atoms with van der Waals surface area (Å²) in [6, 6.07) is 0. The molecule has 0 radical (unpaired) electrons. The lowest BCUT2D eigenvalue weighted by molar-refractivity contribution is -0.468. The monoisotopic (exact) mass is 328 g/mol. The molecular formula is C14H19IN+. The Morgan fingerprint density at radius 3 is 2.50 bits per heavy atom. The third kappa shape index (κ3) is 2.31. The molecule has 0 saturated carbocycles. The molecule has 1 aliphatic carbocycles. The van der Waals surface area contributed by atoms with Gasteiger partial charge in [-0.2, -0.15) is 4.58 Å². The van der Waals surface area contributed by atoms with Crippen molar-refractivity contribution in [1.29, 1.82) is 0 Å². The van der Waals surface area contributed by atoms with Crippen molar-refractivity contribution in [1.82, 2.24) is 0 Å². The first-order valence-corrected chi connectivity index (χ1v) is 7.05. The predicted octanol–water partition coefficient (Wildman–Crippen LogP) is 4.05. The zero-order valence-electron chi connectivity index (χ0n) is 10.1. The Kier molecular flexibility index (Phi) is 3.67. The van der Waals surface area contributed by atoms with Crippen LogP contribution in [0.4, 0.5) is 0 Å². The molecule has 0 unspecified atom stereocenters. The van der Waals surface area contributed by atoms with Gasteiger partial charge in [-0.25, -0.2) is 0 Å². The molecule has 2 aliphatic rings. The third-order valence-corrected chi connectivity index (χ3v) is 4.43. The minimum absolute atomic E-state index is 0.679. The lowest BCUT2D eigenvalue weighted by atomic mass is 9.98. The van der Waals surface area contributed by atoms with E-state index in [1.165, 1.54) is 27.7 Å². The summed E-state index contributed by atoms with van der Waals surface area (Å²) in [5, 5.41) is 0. The van der Waals surface area contributed by atoms with Crippen LogP contribution in [0.3, 0.4) is 0 Å². The molecule has 2 heteroatoms. The Balaban J connectivity index is 2.25. The summed E-state index contributed by atoms with van der Waals surface area (Å²) in [6.07, 6.45) is 8.04. The molecule has 86 valence electrons. The van der Waals surface area contributed by atoms with Crippen LogP contribution >= 0.6 is 22.6 Å². The van der Waals surface area contributed by atoms with E-state index in [1.807, 2.05) is 0 Å². The average molecular weight is 328 g/mol. The minimum Gasteiger partial charge on any atom is -0.198 e. The summed E-state index contributed by atoms with van der Waals surface area (Å²) in [7, 11) is 0. The Bertz CT molecular complexity index is 410. The van der Waals surface area contributed by atoms with Crippen molar-refractivity contribution in [3.63, 3.8) is 0 Å². The van der Waals surface area contributed by atoms with Crippen LogP contribution in [0.15, 0.2) is 33.1 Å². The molecule has 0 aromatic carbocycles. The highest BCUT2D eigenvalue weighted by molar-refractivity contribution is 14.1. The Hall–Kier alpha value is -0.380. The van der Waals surface area contributed by atoms with E-state index in [-0.39, 0.29) is 0 Å². The van der Waals surface area contributed by atoms with Crippen LogP contribution in [0.5, 0.6) is 0 Å². The van der Waals surface area contributed by atoms with Gasteiger partial charge in [-0.15, -0.1) is 0 Å². The highest BCUT2D eigenvalue weighted by Crippen LogP contribution is 2.35. The predicted molar refractivity (Wildman–Crippen MR) is 78.1 cm³/mol. The van der Waals surface area contributed by atoms with Crippen LogP contribution in [-0.2, 0) is 0 Å². The fourth-order valence-electron chi connectivity index (χ4n) is 2.31. The first kappa shape index (κ1) is 12.1. The van der Waals surface area contributed by atoms with E-state index in [2.05, 4.69) is 59.9 Å². The molecule has 1 heterocycles. The van der Waals surface area contributed by atoms with Gasteiger partial charge in [-0.1, -0.05) is 26.0 Å². The van der Waals surface area contributed by atoms with Gasteiger partial charge in [0.2, 0.25) is 5.70 Å². The molecule has 0 fully saturated rings. The van der Waals surface area contributed by atoms with Crippen LogP contribution in [-0.4, -0.2) is 17.3 Å². The lowest BCUT2D eigenvalue weighted by Crippen LogP contribution is -2.19. The smallest absolute Gasteiger partial charge is 0.198 e. The van der Waals surface area contributed by atoms with Gasteiger partial charge in [0.05, 0.1) is 3.58 Å². The van der Waals surface area contributed by atoms with Crippen LogP contribution < -0.4 is 0 Å². The molecule has 0 bridgehead atoms. The van der Waals surface area contributed by atoms with E-state index < -0.39 is 0 Å². The van der Waals surface area contributed by atoms with E-state index in [4.69, 9.17) is 0 Å². The molecule has 2 rings (SSSR count). The zero-order chi connectivity index (χ0) is 11.7. The fourth-order valence-corrected chi connectivity index (χ4v) is 3.27. The first-order chi connectivity index (χ1) is 7.59. The second-order valence-corrected chi connectivity index (χ2v) is 6.15. The summed E-state index contributed by atoms with van der Waals surface area (Å²) in [5.74, 6) is 0.679. The summed E-state index contributed by atoms with van der Waals surface area (Å²) in [4.78, 5) is 0. The van der Waals surface area contributed by atoms with E-state index in [1.54, 1.807) is 5.57 Å². The van der Waals surface area contributed by atoms with Crippen molar-refractivity contribution in [2.45, 2.75) is 33.1 Å². The molecule has 0 atom stereocenters. The van der Waals surface area contributed by atoms with E-state index in [9.17, 15) is 0 Å². The van der Waals surface area contributed by atoms with Crippen molar-refractivity contribution < 1.29 is 4.58 Å². The number of rotatable bonds is 2. The van der Waals surface area contributed by atoms with Crippen molar-refractivity contribution >= 4 is 28.8 Å². The molecule has 0 amide bonds. The summed E-state index contributed by atoms with van der Waals surface area (Å²) in [5.41, 5.74) is 4.26. The number of hydrogen-bond acceptors (Lipinski definition) is 0. The summed E-state index contributed by atoms with van der Waals surface area (Å²) >= 11 is 2.47. The van der Waals surface area contributed by atoms with Gasteiger partial charge >= 0.3 is 0 Å². The van der Waals surface area contributed by atoms with Crippen LogP contribution in [0, 0.1) is 5.92 Å². The molecule has 16 heavy (non-hydrogen) atoms. The van der Waals surface area contributed by atoms with Crippen molar-refractivity contribution in [3.05, 3.63) is 33.1 Å². The Morgan fingerprint density at radius 2 is 2.06 bits per heavy atom. The standard InChI is InChI=1S/C14H19IN/c1-10(2)12-6-8-16(9-7-12)14-11(3)4-5-13(14)15/h6,8,10H,3-5,7,9H2,1-2H3/q+1. The van der Waals surface area contributed by atoms with Crippen LogP contribution in [0.25, 0.3) is 0 Å². The summed E-state index contributed by atoms with van der Waals surface area (Å²) in [6.45, 7) is 9.83. The average Bonchev–Trinajstić information content (AvgIpc) is 2.59. The number of nitrogens with zero attached hydrogens (tertiary/aromatic N) is 1. The zero-order valence-corrected chi connectivity index (χ0v) is 12.3. The van der Waals surface area contributed by atoms with Gasteiger partial charge in [-0.05, 0) is 41.4 Å². The second kappa shape index (κ2) is 4.86. The molecule has 0 saturated heterocycles. The maximum Gasteiger partial charge on any atom is 0.217 e. The lowest BCUT2D eigenvalue weighted by Gasteiger charge is -2.14. The maximum absolute atomic E-state index is 4.17. The van der Waals surface area contributed by atoms with E-state index in [0.29, 0.717) is 5.92 Å². The Morgan fingerprint density at radius 1 is 1.31 bits per heavy atom. The topological polar surface area (TPSA) is 3.01 Å². The normalized spacial score (nSPS) is 21.6. The van der Waals surface area contributed by atoms with Crippen LogP contribution in [0.2, 0.25) is 0 Å². The Labute approximate surface area is 112 Å². The van der Waals surface area contributed by atoms with Gasteiger partial charge in [-0.3, -0.25) is 0 Å². The molecule has 1 aliphatic heterocycles. The third-order valence-electron chi connectivity index (χ3n) is 3.38. The van der Waals surface area contributed by atoms with Gasteiger partial charge in [0.1, 0.15) is 0 Å². The molecular weight excluding hydrogens is 309 g/mol. The molecule has 0 aromatic heterocycles. The summed E-state index contributed by atoms with van der Waals surface area (Å²) < 4.78 is 3.85. The number of allylic oxidation sites excluding steroid dienone is 3. The molecule has 0 aromatic rings. The van der Waals surface area contributed by atoms with E-state index >= 15 is 0 Å². The van der Waals surface area contributed by atoms with Gasteiger partial charge in [0.25, 0.3) is 0 Å². The number of hydrogen-bond donors (Lipinski definition) is 0. The highest BCUT2D eigenvalue weighted by Gasteiger charge is 2.27. The van der Waals surface area contributed by atoms with E-state index in [0.717, 1.165) is 13.0 Å². The number of halogens is 1. The molecule has 0 spiro atoms. The van der Waals surface area contributed by atoms with Crippen molar-refractivity contribution in [2.24, 2.45) is 5.92 Å². The fraction of sp³-hybridized carbons (Fsp3) is 0.500. The minimum atomic E-state index is 0.679. The van der Waals surface area contributed by atoms with Crippen molar-refractivity contribution in [3.8, 4) is 0 Å². The second-order valence-electron chi connectivity index (χ2n) is 4.85. The molecule has 0 N–H and O–H groups in total. The highest BCUT2D eigenvalue weighted by atomic mass is 127. The van der Waals surface area contributed by atoms with Gasteiger partial charge in [0.15, 0.2) is 12.8 Å². The van der Waals surface area contributed by atoms with Crippen molar-refractivity contribution in [2.75, 3.05) is 6.54 Å². The largest absolute Gasteiger partial charge is 0.217 e. The maximum atomic E-state index is 4.17. The quantitative estimate of drug-likeness (QED) is 0.531. The molecule has 1 nitrogen and oxygen atoms in total. The van der Waals surface area contributed by atoms with Crippen LogP contribution in [0.1, 0.15) is 33.1 Å². The SMILES string of the molecule is C=C1CCC(I)=C1[N+]1=CC=C(C(C)C)CC1.